The van der Waals surface area contributed by atoms with E-state index in [1.54, 1.807) is 0 Å². The molecule has 1 unspecified atom stereocenters. The molecule has 1 atom stereocenters. The first-order valence-corrected chi connectivity index (χ1v) is 26.5. The predicted molar refractivity (Wildman–Crippen MR) is 261 cm³/mol. The molecule has 0 spiro atoms. The fraction of sp³-hybridized carbons (Fsp3) is 0.836. The standard InChI is InChI=1S/C55H100O6/c1-4-7-10-13-16-19-22-25-27-29-30-33-36-39-42-45-48-54(57)60-51-52(50-59-53(56)47-44-41-38-35-32-24-21-18-15-12-9-6-3)61-55(58)49-46-43-40-37-34-31-28-26-23-20-17-14-11-8-5-2/h17-18,20-21,23,26,52H,4-16,19,22,24-25,27-51H2,1-3H3/b20-17-,21-18-,26-23-. The van der Waals surface area contributed by atoms with E-state index in [0.717, 1.165) is 70.6 Å². The summed E-state index contributed by atoms with van der Waals surface area (Å²) in [7, 11) is 0. The Morgan fingerprint density at radius 2 is 0.590 bits per heavy atom. The normalized spacial score (nSPS) is 12.2. The molecule has 0 aromatic rings. The topological polar surface area (TPSA) is 78.9 Å². The highest BCUT2D eigenvalue weighted by molar-refractivity contribution is 5.71. The lowest BCUT2D eigenvalue weighted by atomic mass is 10.0. The maximum Gasteiger partial charge on any atom is 0.306 e. The van der Waals surface area contributed by atoms with Gasteiger partial charge in [0.2, 0.25) is 0 Å². The summed E-state index contributed by atoms with van der Waals surface area (Å²) < 4.78 is 16.8. The third-order valence-corrected chi connectivity index (χ3v) is 11.6. The summed E-state index contributed by atoms with van der Waals surface area (Å²) in [5, 5.41) is 0. The average molecular weight is 857 g/mol. The highest BCUT2D eigenvalue weighted by atomic mass is 16.6. The Morgan fingerprint density at radius 3 is 0.951 bits per heavy atom. The van der Waals surface area contributed by atoms with Crippen molar-refractivity contribution in [3.63, 3.8) is 0 Å². The van der Waals surface area contributed by atoms with Crippen LogP contribution in [0.1, 0.15) is 278 Å². The Morgan fingerprint density at radius 1 is 0.328 bits per heavy atom. The summed E-state index contributed by atoms with van der Waals surface area (Å²) in [6, 6.07) is 0. The van der Waals surface area contributed by atoms with E-state index in [0.29, 0.717) is 19.3 Å². The highest BCUT2D eigenvalue weighted by Crippen LogP contribution is 2.16. The van der Waals surface area contributed by atoms with Crippen molar-refractivity contribution in [3.05, 3.63) is 36.5 Å². The van der Waals surface area contributed by atoms with Gasteiger partial charge in [-0.3, -0.25) is 14.4 Å². The monoisotopic (exact) mass is 857 g/mol. The highest BCUT2D eigenvalue weighted by Gasteiger charge is 2.19. The van der Waals surface area contributed by atoms with Gasteiger partial charge in [-0.05, 0) is 70.6 Å². The average Bonchev–Trinajstić information content (AvgIpc) is 3.26. The van der Waals surface area contributed by atoms with Crippen LogP contribution in [-0.2, 0) is 28.6 Å². The van der Waals surface area contributed by atoms with E-state index >= 15 is 0 Å². The van der Waals surface area contributed by atoms with Crippen LogP contribution in [0.15, 0.2) is 36.5 Å². The molecule has 0 bridgehead atoms. The van der Waals surface area contributed by atoms with Crippen molar-refractivity contribution >= 4 is 17.9 Å². The zero-order chi connectivity index (χ0) is 44.4. The van der Waals surface area contributed by atoms with Crippen LogP contribution in [0.4, 0.5) is 0 Å². The van der Waals surface area contributed by atoms with E-state index in [4.69, 9.17) is 14.2 Å². The Bertz CT molecular complexity index is 1030. The Labute approximate surface area is 378 Å². The Hall–Kier alpha value is -2.37. The molecule has 0 fully saturated rings. The molecule has 0 radical (unpaired) electrons. The van der Waals surface area contributed by atoms with E-state index in [9.17, 15) is 14.4 Å². The third-order valence-electron chi connectivity index (χ3n) is 11.6. The van der Waals surface area contributed by atoms with Crippen molar-refractivity contribution in [2.24, 2.45) is 0 Å². The lowest BCUT2D eigenvalue weighted by molar-refractivity contribution is -0.167. The van der Waals surface area contributed by atoms with Crippen molar-refractivity contribution in [3.8, 4) is 0 Å². The van der Waals surface area contributed by atoms with Crippen molar-refractivity contribution in [2.75, 3.05) is 13.2 Å². The molecular weight excluding hydrogens is 757 g/mol. The van der Waals surface area contributed by atoms with Gasteiger partial charge in [0.05, 0.1) is 0 Å². The van der Waals surface area contributed by atoms with E-state index in [1.165, 1.54) is 167 Å². The molecule has 0 aromatic carbocycles. The molecule has 6 nitrogen and oxygen atoms in total. The van der Waals surface area contributed by atoms with Crippen LogP contribution < -0.4 is 0 Å². The smallest absolute Gasteiger partial charge is 0.306 e. The SMILES string of the molecule is CCCCC/C=C\C=C/CCCCCCCCC(=O)OC(COC(=O)CCCCCCC/C=C\CCCCC)COC(=O)CCCCCCCCCCCCCCCCCC. The largest absolute Gasteiger partial charge is 0.462 e. The van der Waals surface area contributed by atoms with Crippen molar-refractivity contribution in [2.45, 2.75) is 284 Å². The zero-order valence-electron chi connectivity index (χ0n) is 40.7. The summed E-state index contributed by atoms with van der Waals surface area (Å²) in [6.45, 7) is 6.59. The molecule has 0 rings (SSSR count). The minimum atomic E-state index is -0.777. The Kier molecular flexibility index (Phi) is 48.3. The van der Waals surface area contributed by atoms with E-state index in [2.05, 4.69) is 57.2 Å². The maximum absolute atomic E-state index is 12.8. The van der Waals surface area contributed by atoms with Gasteiger partial charge >= 0.3 is 17.9 Å². The summed E-state index contributed by atoms with van der Waals surface area (Å²) >= 11 is 0. The van der Waals surface area contributed by atoms with E-state index < -0.39 is 6.10 Å². The summed E-state index contributed by atoms with van der Waals surface area (Å²) in [5.74, 6) is -0.886. The van der Waals surface area contributed by atoms with Gasteiger partial charge in [-0.2, -0.15) is 0 Å². The fourth-order valence-corrected chi connectivity index (χ4v) is 7.60. The number of esters is 3. The number of unbranched alkanes of at least 4 members (excludes halogenated alkanes) is 32. The van der Waals surface area contributed by atoms with Gasteiger partial charge < -0.3 is 14.2 Å². The molecule has 0 amide bonds. The summed E-state index contributed by atoms with van der Waals surface area (Å²) in [5.41, 5.74) is 0. The van der Waals surface area contributed by atoms with Gasteiger partial charge in [0.15, 0.2) is 6.10 Å². The second kappa shape index (κ2) is 50.3. The fourth-order valence-electron chi connectivity index (χ4n) is 7.60. The minimum Gasteiger partial charge on any atom is -0.462 e. The second-order valence-electron chi connectivity index (χ2n) is 17.8. The molecule has 0 saturated carbocycles. The van der Waals surface area contributed by atoms with Gasteiger partial charge in [-0.25, -0.2) is 0 Å². The quantitative estimate of drug-likeness (QED) is 0.0199. The molecule has 0 aliphatic rings. The minimum absolute atomic E-state index is 0.0765. The third kappa shape index (κ3) is 48.5. The molecule has 61 heavy (non-hydrogen) atoms. The molecule has 6 heteroatoms. The first-order chi connectivity index (χ1) is 30.0. The van der Waals surface area contributed by atoms with Gasteiger partial charge in [0.25, 0.3) is 0 Å². The Balaban J connectivity index is 4.36. The lowest BCUT2D eigenvalue weighted by Gasteiger charge is -2.18. The van der Waals surface area contributed by atoms with Crippen LogP contribution in [0.5, 0.6) is 0 Å². The first-order valence-electron chi connectivity index (χ1n) is 26.5. The number of hydrogen-bond acceptors (Lipinski definition) is 6. The summed E-state index contributed by atoms with van der Waals surface area (Å²) in [6.07, 6.45) is 58.4. The lowest BCUT2D eigenvalue weighted by Crippen LogP contribution is -2.30. The number of ether oxygens (including phenoxy) is 3. The van der Waals surface area contributed by atoms with Gasteiger partial charge in [0.1, 0.15) is 13.2 Å². The van der Waals surface area contributed by atoms with E-state index in [1.807, 2.05) is 0 Å². The molecule has 0 N–H and O–H groups in total. The van der Waals surface area contributed by atoms with Gasteiger partial charge in [0, 0.05) is 19.3 Å². The van der Waals surface area contributed by atoms with Crippen molar-refractivity contribution in [1.29, 1.82) is 0 Å². The van der Waals surface area contributed by atoms with Crippen LogP contribution >= 0.6 is 0 Å². The van der Waals surface area contributed by atoms with Gasteiger partial charge in [-0.15, -0.1) is 0 Å². The first kappa shape index (κ1) is 58.6. The van der Waals surface area contributed by atoms with Crippen LogP contribution in [0.3, 0.4) is 0 Å². The van der Waals surface area contributed by atoms with Crippen molar-refractivity contribution in [1.82, 2.24) is 0 Å². The molecular formula is C55H100O6. The number of carbonyl (C=O) groups is 3. The molecule has 0 aliphatic carbocycles. The van der Waals surface area contributed by atoms with Crippen LogP contribution in [-0.4, -0.2) is 37.2 Å². The second-order valence-corrected chi connectivity index (χ2v) is 17.8. The number of carbonyl (C=O) groups excluding carboxylic acids is 3. The number of allylic oxidation sites excluding steroid dienone is 6. The van der Waals surface area contributed by atoms with Crippen LogP contribution in [0, 0.1) is 0 Å². The molecule has 0 aromatic heterocycles. The molecule has 0 heterocycles. The number of rotatable bonds is 48. The van der Waals surface area contributed by atoms with Crippen LogP contribution in [0.25, 0.3) is 0 Å². The predicted octanol–water partition coefficient (Wildman–Crippen LogP) is 17.3. The van der Waals surface area contributed by atoms with Gasteiger partial charge in [-0.1, -0.05) is 224 Å². The van der Waals surface area contributed by atoms with E-state index in [-0.39, 0.29) is 31.1 Å². The molecule has 0 aliphatic heterocycles. The number of hydrogen-bond donors (Lipinski definition) is 0. The zero-order valence-corrected chi connectivity index (χ0v) is 40.7. The maximum atomic E-state index is 12.8. The van der Waals surface area contributed by atoms with Crippen molar-refractivity contribution < 1.29 is 28.6 Å². The van der Waals surface area contributed by atoms with Crippen LogP contribution in [0.2, 0.25) is 0 Å². The molecule has 0 saturated heterocycles. The molecule has 356 valence electrons. The summed E-state index contributed by atoms with van der Waals surface area (Å²) in [4.78, 5) is 38.0.